The van der Waals surface area contributed by atoms with Gasteiger partial charge in [0.05, 0.1) is 12.8 Å². The van der Waals surface area contributed by atoms with Crippen LogP contribution in [0.15, 0.2) is 48.9 Å². The predicted molar refractivity (Wildman–Crippen MR) is 147 cm³/mol. The van der Waals surface area contributed by atoms with Crippen LogP contribution in [0, 0.1) is 11.8 Å². The number of carbonyl (C=O) groups is 1. The number of anilines is 2. The van der Waals surface area contributed by atoms with Crippen LogP contribution in [0.4, 0.5) is 11.6 Å². The maximum atomic E-state index is 12.0. The zero-order chi connectivity index (χ0) is 26.8. The molecule has 0 saturated heterocycles. The van der Waals surface area contributed by atoms with E-state index in [1.165, 1.54) is 0 Å². The summed E-state index contributed by atoms with van der Waals surface area (Å²) in [6, 6.07) is 11.4. The van der Waals surface area contributed by atoms with Gasteiger partial charge in [-0.15, -0.1) is 0 Å². The van der Waals surface area contributed by atoms with E-state index in [4.69, 9.17) is 9.84 Å². The maximum Gasteiger partial charge on any atom is 0.251 e. The molecule has 198 valence electrons. The van der Waals surface area contributed by atoms with Gasteiger partial charge in [0.25, 0.3) is 5.91 Å². The first-order chi connectivity index (χ1) is 17.9. The Hall–Kier alpha value is -3.72. The van der Waals surface area contributed by atoms with Gasteiger partial charge in [0.15, 0.2) is 0 Å². The van der Waals surface area contributed by atoms with Crippen LogP contribution in [-0.2, 0) is 0 Å². The fourth-order valence-corrected chi connectivity index (χ4v) is 4.16. The second kappa shape index (κ2) is 13.5. The molecule has 0 saturated carbocycles. The number of amides is 1. The second-order valence-corrected chi connectivity index (χ2v) is 9.27. The third-order valence-corrected chi connectivity index (χ3v) is 6.87. The molecule has 0 spiro atoms. The van der Waals surface area contributed by atoms with E-state index in [0.29, 0.717) is 30.4 Å². The van der Waals surface area contributed by atoms with Crippen molar-refractivity contribution in [1.82, 2.24) is 20.3 Å². The van der Waals surface area contributed by atoms with Crippen molar-refractivity contribution >= 4 is 17.5 Å². The first-order valence-corrected chi connectivity index (χ1v) is 12.6. The summed E-state index contributed by atoms with van der Waals surface area (Å²) in [5.41, 5.74) is 3.36. The fraction of sp³-hybridized carbons (Fsp3) is 0.429. The van der Waals surface area contributed by atoms with Crippen LogP contribution < -0.4 is 20.7 Å². The molecule has 3 atom stereocenters. The molecule has 0 aliphatic carbocycles. The van der Waals surface area contributed by atoms with E-state index in [9.17, 15) is 4.79 Å². The molecule has 1 amide bonds. The number of nitrogens with zero attached hydrogens (tertiary/aromatic N) is 3. The number of aliphatic hydroxyl groups is 1. The Morgan fingerprint density at radius 1 is 1.03 bits per heavy atom. The van der Waals surface area contributed by atoms with Gasteiger partial charge >= 0.3 is 0 Å². The monoisotopic (exact) mass is 506 g/mol. The summed E-state index contributed by atoms with van der Waals surface area (Å²) in [5.74, 6) is 3.02. The fourth-order valence-electron chi connectivity index (χ4n) is 4.16. The van der Waals surface area contributed by atoms with Crippen molar-refractivity contribution in [3.8, 4) is 17.0 Å². The van der Waals surface area contributed by atoms with E-state index in [-0.39, 0.29) is 18.4 Å². The molecule has 4 N–H and O–H groups in total. The average molecular weight is 507 g/mol. The lowest BCUT2D eigenvalue weighted by Crippen LogP contribution is -2.23. The molecule has 1 aromatic carbocycles. The first kappa shape index (κ1) is 27.9. The highest BCUT2D eigenvalue weighted by Crippen LogP contribution is 2.36. The molecule has 2 heterocycles. The van der Waals surface area contributed by atoms with Crippen molar-refractivity contribution in [3.05, 3.63) is 60.0 Å². The minimum absolute atomic E-state index is 0.131. The Labute approximate surface area is 219 Å². The van der Waals surface area contributed by atoms with Gasteiger partial charge in [-0.1, -0.05) is 26.8 Å². The lowest BCUT2D eigenvalue weighted by molar-refractivity contribution is 0.0962. The average Bonchev–Trinajstić information content (AvgIpc) is 2.95. The molecule has 2 aromatic heterocycles. The van der Waals surface area contributed by atoms with Crippen molar-refractivity contribution < 1.29 is 14.6 Å². The number of rotatable bonds is 13. The quantitative estimate of drug-likeness (QED) is 0.255. The lowest BCUT2D eigenvalue weighted by Gasteiger charge is -2.28. The third kappa shape index (κ3) is 7.39. The van der Waals surface area contributed by atoms with E-state index < -0.39 is 0 Å². The van der Waals surface area contributed by atoms with Gasteiger partial charge in [-0.3, -0.25) is 4.79 Å². The molecule has 0 aliphatic heterocycles. The molecule has 0 bridgehead atoms. The lowest BCUT2D eigenvalue weighted by atomic mass is 9.80. The van der Waals surface area contributed by atoms with Crippen LogP contribution in [0.2, 0.25) is 0 Å². The molecular weight excluding hydrogens is 468 g/mol. The molecule has 0 radical (unpaired) electrons. The number of aliphatic hydroxyl groups excluding tert-OH is 1. The Bertz CT molecular complexity index is 1150. The van der Waals surface area contributed by atoms with Crippen LogP contribution in [0.3, 0.4) is 0 Å². The van der Waals surface area contributed by atoms with Gasteiger partial charge < -0.3 is 25.8 Å². The zero-order valence-corrected chi connectivity index (χ0v) is 22.3. The third-order valence-electron chi connectivity index (χ3n) is 6.87. The van der Waals surface area contributed by atoms with Crippen LogP contribution in [0.25, 0.3) is 11.3 Å². The number of methoxy groups -OCH3 is 1. The van der Waals surface area contributed by atoms with Crippen LogP contribution >= 0.6 is 0 Å². The highest BCUT2D eigenvalue weighted by molar-refractivity contribution is 5.94. The summed E-state index contributed by atoms with van der Waals surface area (Å²) < 4.78 is 5.62. The summed E-state index contributed by atoms with van der Waals surface area (Å²) in [6.07, 6.45) is 4.01. The number of aromatic nitrogens is 3. The molecule has 3 rings (SSSR count). The summed E-state index contributed by atoms with van der Waals surface area (Å²) >= 11 is 0. The predicted octanol–water partition coefficient (Wildman–Crippen LogP) is 4.19. The normalized spacial score (nSPS) is 13.4. The van der Waals surface area contributed by atoms with E-state index in [0.717, 1.165) is 40.8 Å². The van der Waals surface area contributed by atoms with Gasteiger partial charge in [-0.25, -0.2) is 15.0 Å². The number of carbonyl (C=O) groups excluding carboxylic acids is 1. The summed E-state index contributed by atoms with van der Waals surface area (Å²) in [4.78, 5) is 25.2. The Balaban J connectivity index is 1.62. The van der Waals surface area contributed by atoms with Crippen molar-refractivity contribution in [2.45, 2.75) is 33.1 Å². The minimum Gasteiger partial charge on any atom is -0.496 e. The second-order valence-electron chi connectivity index (χ2n) is 9.27. The highest BCUT2D eigenvalue weighted by Gasteiger charge is 2.24. The molecular formula is C28H38N6O3. The van der Waals surface area contributed by atoms with Crippen molar-refractivity contribution in [1.29, 1.82) is 0 Å². The van der Waals surface area contributed by atoms with E-state index in [2.05, 4.69) is 51.7 Å². The SMILES string of the molecule is CNC(=O)c1ccc(C(C)[C@H](C)C(C)CNc2cc(-c3ccc(NCCCO)nc3)ncn2)c(OC)c1. The Morgan fingerprint density at radius 3 is 2.51 bits per heavy atom. The van der Waals surface area contributed by atoms with Gasteiger partial charge in [-0.05, 0) is 54.0 Å². The van der Waals surface area contributed by atoms with Gasteiger partial charge in [0.1, 0.15) is 23.7 Å². The van der Waals surface area contributed by atoms with Crippen molar-refractivity contribution in [3.63, 3.8) is 0 Å². The maximum absolute atomic E-state index is 12.0. The number of hydrogen-bond donors (Lipinski definition) is 4. The molecule has 0 aliphatic rings. The minimum atomic E-state index is -0.131. The number of nitrogens with one attached hydrogen (secondary N) is 3. The van der Waals surface area contributed by atoms with Crippen molar-refractivity contribution in [2.24, 2.45) is 11.8 Å². The van der Waals surface area contributed by atoms with E-state index >= 15 is 0 Å². The largest absolute Gasteiger partial charge is 0.496 e. The summed E-state index contributed by atoms with van der Waals surface area (Å²) in [6.45, 7) is 8.21. The highest BCUT2D eigenvalue weighted by atomic mass is 16.5. The van der Waals surface area contributed by atoms with Crippen molar-refractivity contribution in [2.75, 3.05) is 44.5 Å². The van der Waals surface area contributed by atoms with Gasteiger partial charge in [0.2, 0.25) is 0 Å². The summed E-state index contributed by atoms with van der Waals surface area (Å²) in [5, 5.41) is 18.2. The van der Waals surface area contributed by atoms with Gasteiger partial charge in [0, 0.05) is 50.1 Å². The van der Waals surface area contributed by atoms with Gasteiger partial charge in [-0.2, -0.15) is 0 Å². The number of hydrogen-bond acceptors (Lipinski definition) is 8. The molecule has 2 unspecified atom stereocenters. The standard InChI is InChI=1S/C28H38N6O3/c1-18(19(2)20(3)23-9-7-21(28(36)29-4)13-25(23)37-5)15-31-27-14-24(33-17-34-27)22-8-10-26(32-16-22)30-11-6-12-35/h7-10,13-14,16-20,35H,6,11-12,15H2,1-5H3,(H,29,36)(H,30,32)(H,31,33,34)/t18?,19-,20?/m1/s1. The molecule has 3 aromatic rings. The molecule has 37 heavy (non-hydrogen) atoms. The number of ether oxygens (including phenoxy) is 1. The van der Waals surface area contributed by atoms with Crippen LogP contribution in [-0.4, -0.2) is 59.8 Å². The first-order valence-electron chi connectivity index (χ1n) is 12.6. The molecule has 9 heteroatoms. The van der Waals surface area contributed by atoms with Crippen LogP contribution in [0.1, 0.15) is 49.0 Å². The Morgan fingerprint density at radius 2 is 1.84 bits per heavy atom. The summed E-state index contributed by atoms with van der Waals surface area (Å²) in [7, 11) is 3.26. The van der Waals surface area contributed by atoms with E-state index in [1.54, 1.807) is 32.7 Å². The topological polar surface area (TPSA) is 121 Å². The van der Waals surface area contributed by atoms with Crippen LogP contribution in [0.5, 0.6) is 5.75 Å². The van der Waals surface area contributed by atoms with E-state index in [1.807, 2.05) is 30.3 Å². The Kier molecular flexibility index (Phi) is 10.2. The molecule has 9 nitrogen and oxygen atoms in total. The zero-order valence-electron chi connectivity index (χ0n) is 22.3. The molecule has 0 fully saturated rings. The smallest absolute Gasteiger partial charge is 0.251 e. The number of benzene rings is 1. The number of pyridine rings is 1.